The van der Waals surface area contributed by atoms with Gasteiger partial charge in [-0.2, -0.15) is 0 Å². The highest BCUT2D eigenvalue weighted by atomic mass is 28.4. The molecule has 0 bridgehead atoms. The molecule has 1 aliphatic rings. The highest BCUT2D eigenvalue weighted by molar-refractivity contribution is 6.98. The Kier molecular flexibility index (Phi) is 8.37. The van der Waals surface area contributed by atoms with Crippen LogP contribution >= 0.6 is 0 Å². The molecule has 0 radical (unpaired) electrons. The van der Waals surface area contributed by atoms with Crippen LogP contribution in [0.1, 0.15) is 52.4 Å². The molecule has 10 heteroatoms. The molecule has 0 unspecified atom stereocenters. The number of aromatic nitrogens is 4. The van der Waals surface area contributed by atoms with Crippen molar-refractivity contribution in [3.05, 3.63) is 102 Å². The van der Waals surface area contributed by atoms with E-state index in [2.05, 4.69) is 63.6 Å². The third kappa shape index (κ3) is 5.79. The standard InChI is InChI=1S/C34H37FN6O2Si/c1-34(2,44(43,27-9-5-3-6-10-27)28-11-7-4-8-12-28)20-19-24-13-16-26(17-14-24)38-32-29(40-42)21-37-33(39-32)30-22-36-31-18-15-25(35)23-41(30)31/h3-12,15,18,21-24,26,43H,13-14,16-17,19-20H2,1-2H3,(H,37,38,39). The van der Waals surface area contributed by atoms with Gasteiger partial charge >= 0.3 is 0 Å². The summed E-state index contributed by atoms with van der Waals surface area (Å²) < 4.78 is 15.5. The van der Waals surface area contributed by atoms with Crippen LogP contribution in [0.2, 0.25) is 5.04 Å². The van der Waals surface area contributed by atoms with Crippen molar-refractivity contribution in [1.29, 1.82) is 0 Å². The van der Waals surface area contributed by atoms with Crippen molar-refractivity contribution in [3.63, 3.8) is 0 Å². The summed E-state index contributed by atoms with van der Waals surface area (Å²) in [4.78, 5) is 37.3. The Hall–Kier alpha value is -4.28. The molecule has 5 aromatic rings. The summed E-state index contributed by atoms with van der Waals surface area (Å²) in [6.07, 6.45) is 10.2. The maximum Gasteiger partial charge on any atom is 0.258 e. The molecule has 2 N–H and O–H groups in total. The van der Waals surface area contributed by atoms with Crippen LogP contribution in [0.15, 0.2) is 96.6 Å². The number of fused-ring (bicyclic) bond motifs is 1. The summed E-state index contributed by atoms with van der Waals surface area (Å²) in [5.74, 6) is 0.869. The first kappa shape index (κ1) is 29.8. The van der Waals surface area contributed by atoms with Gasteiger partial charge in [-0.1, -0.05) is 80.9 Å². The molecular weight excluding hydrogens is 571 g/mol. The Morgan fingerprint density at radius 3 is 2.25 bits per heavy atom. The minimum absolute atomic E-state index is 0.141. The van der Waals surface area contributed by atoms with Crippen LogP contribution in [0.4, 0.5) is 15.9 Å². The van der Waals surface area contributed by atoms with Crippen molar-refractivity contribution in [3.8, 4) is 11.5 Å². The second-order valence-corrected chi connectivity index (χ2v) is 16.4. The predicted octanol–water partition coefficient (Wildman–Crippen LogP) is 6.61. The molecule has 0 atom stereocenters. The molecule has 6 rings (SSSR count). The minimum atomic E-state index is -3.03. The number of nitroso groups, excluding NO2 is 1. The molecule has 1 fully saturated rings. The van der Waals surface area contributed by atoms with Gasteiger partial charge in [0.2, 0.25) is 0 Å². The largest absolute Gasteiger partial charge is 0.424 e. The second kappa shape index (κ2) is 12.4. The molecule has 226 valence electrons. The smallest absolute Gasteiger partial charge is 0.258 e. The summed E-state index contributed by atoms with van der Waals surface area (Å²) in [7, 11) is -3.03. The van der Waals surface area contributed by atoms with Crippen molar-refractivity contribution in [2.75, 3.05) is 5.32 Å². The molecule has 1 saturated carbocycles. The van der Waals surface area contributed by atoms with Gasteiger partial charge in [-0.05, 0) is 70.7 Å². The van der Waals surface area contributed by atoms with Gasteiger partial charge in [0.1, 0.15) is 17.2 Å². The molecule has 0 spiro atoms. The lowest BCUT2D eigenvalue weighted by Gasteiger charge is -2.42. The lowest BCUT2D eigenvalue weighted by atomic mass is 9.82. The predicted molar refractivity (Wildman–Crippen MR) is 174 cm³/mol. The number of nitrogens with zero attached hydrogens (tertiary/aromatic N) is 5. The normalized spacial score (nSPS) is 17.5. The molecular formula is C34H37FN6O2Si. The van der Waals surface area contributed by atoms with Crippen LogP contribution in [0.25, 0.3) is 17.2 Å². The zero-order valence-electron chi connectivity index (χ0n) is 25.0. The first-order valence-electron chi connectivity index (χ1n) is 15.2. The van der Waals surface area contributed by atoms with Gasteiger partial charge in [0, 0.05) is 12.2 Å². The van der Waals surface area contributed by atoms with Crippen LogP contribution in [-0.4, -0.2) is 38.5 Å². The van der Waals surface area contributed by atoms with Crippen molar-refractivity contribution in [2.45, 2.75) is 63.5 Å². The number of hydrogen-bond acceptors (Lipinski definition) is 7. The molecule has 0 saturated heterocycles. The maximum atomic E-state index is 13.9. The summed E-state index contributed by atoms with van der Waals surface area (Å²) in [5.41, 5.74) is 1.25. The average molecular weight is 609 g/mol. The number of anilines is 1. The Bertz CT molecular complexity index is 1700. The van der Waals surface area contributed by atoms with E-state index >= 15 is 0 Å². The fourth-order valence-corrected chi connectivity index (χ4v) is 10.4. The first-order valence-corrected chi connectivity index (χ1v) is 17.2. The van der Waals surface area contributed by atoms with E-state index in [-0.39, 0.29) is 16.8 Å². The van der Waals surface area contributed by atoms with E-state index in [1.54, 1.807) is 16.7 Å². The number of imidazole rings is 1. The van der Waals surface area contributed by atoms with Crippen LogP contribution in [0.5, 0.6) is 0 Å². The Morgan fingerprint density at radius 2 is 1.61 bits per heavy atom. The number of hydrogen-bond donors (Lipinski definition) is 2. The molecule has 8 nitrogen and oxygen atoms in total. The highest BCUT2D eigenvalue weighted by Crippen LogP contribution is 2.43. The van der Waals surface area contributed by atoms with E-state index < -0.39 is 14.1 Å². The van der Waals surface area contributed by atoms with E-state index in [9.17, 15) is 14.1 Å². The van der Waals surface area contributed by atoms with Gasteiger partial charge in [0.05, 0.1) is 12.4 Å². The molecule has 3 heterocycles. The third-order valence-electron chi connectivity index (χ3n) is 9.29. The second-order valence-electron chi connectivity index (χ2n) is 12.5. The number of benzene rings is 2. The zero-order valence-corrected chi connectivity index (χ0v) is 26.0. The van der Waals surface area contributed by atoms with E-state index in [1.165, 1.54) is 18.5 Å². The number of nitrogens with one attached hydrogen (secondary N) is 1. The summed E-state index contributed by atoms with van der Waals surface area (Å²) in [6.45, 7) is 4.45. The number of rotatable bonds is 10. The summed E-state index contributed by atoms with van der Waals surface area (Å²) >= 11 is 0. The SMILES string of the molecule is CC(C)(CCC1CCC(Nc2nc(-c3cnc4ccc(F)cn34)ncc2N=O)CC1)[Si](O)(c1ccccc1)c1ccccc1. The zero-order chi connectivity index (χ0) is 30.7. The van der Waals surface area contributed by atoms with Crippen molar-refractivity contribution in [2.24, 2.45) is 11.1 Å². The minimum Gasteiger partial charge on any atom is -0.424 e. The van der Waals surface area contributed by atoms with Gasteiger partial charge in [0.15, 0.2) is 17.3 Å². The molecule has 0 aliphatic heterocycles. The number of pyridine rings is 1. The maximum absolute atomic E-state index is 13.9. The Morgan fingerprint density at radius 1 is 0.955 bits per heavy atom. The fraction of sp³-hybridized carbons (Fsp3) is 0.324. The average Bonchev–Trinajstić information content (AvgIpc) is 3.48. The van der Waals surface area contributed by atoms with Gasteiger partial charge in [-0.3, -0.25) is 4.40 Å². The topological polar surface area (TPSA) is 105 Å². The molecule has 1 aliphatic carbocycles. The lowest BCUT2D eigenvalue weighted by Crippen LogP contribution is -2.65. The van der Waals surface area contributed by atoms with E-state index in [4.69, 9.17) is 0 Å². The van der Waals surface area contributed by atoms with Crippen molar-refractivity contribution < 1.29 is 9.19 Å². The van der Waals surface area contributed by atoms with Crippen molar-refractivity contribution in [1.82, 2.24) is 19.4 Å². The molecule has 3 aromatic heterocycles. The lowest BCUT2D eigenvalue weighted by molar-refractivity contribution is 0.299. The van der Waals surface area contributed by atoms with Gasteiger partial charge in [-0.15, -0.1) is 4.91 Å². The first-order chi connectivity index (χ1) is 21.3. The third-order valence-corrected chi connectivity index (χ3v) is 13.8. The highest BCUT2D eigenvalue weighted by Gasteiger charge is 2.49. The van der Waals surface area contributed by atoms with Crippen LogP contribution in [-0.2, 0) is 0 Å². The fourth-order valence-electron chi connectivity index (χ4n) is 6.63. The quantitative estimate of drug-likeness (QED) is 0.137. The molecule has 0 amide bonds. The molecule has 44 heavy (non-hydrogen) atoms. The van der Waals surface area contributed by atoms with E-state index in [1.807, 2.05) is 36.4 Å². The van der Waals surface area contributed by atoms with E-state index in [0.29, 0.717) is 28.9 Å². The van der Waals surface area contributed by atoms with Crippen molar-refractivity contribution >= 4 is 35.8 Å². The van der Waals surface area contributed by atoms with Crippen LogP contribution in [0.3, 0.4) is 0 Å². The van der Waals surface area contributed by atoms with Crippen LogP contribution in [0, 0.1) is 16.6 Å². The van der Waals surface area contributed by atoms with Gasteiger partial charge < -0.3 is 10.1 Å². The molecule has 2 aromatic carbocycles. The summed E-state index contributed by atoms with van der Waals surface area (Å²) in [6, 6.07) is 23.5. The van der Waals surface area contributed by atoms with Gasteiger partial charge in [-0.25, -0.2) is 19.3 Å². The van der Waals surface area contributed by atoms with Gasteiger partial charge in [0.25, 0.3) is 8.32 Å². The Balaban J connectivity index is 1.12. The summed E-state index contributed by atoms with van der Waals surface area (Å²) in [5, 5.41) is 8.40. The monoisotopic (exact) mass is 608 g/mol. The van der Waals surface area contributed by atoms with Crippen LogP contribution < -0.4 is 15.7 Å². The Labute approximate surface area is 257 Å². The number of halogens is 1. The van der Waals surface area contributed by atoms with E-state index in [0.717, 1.165) is 48.9 Å².